The van der Waals surface area contributed by atoms with E-state index in [1.807, 2.05) is 0 Å². The van der Waals surface area contributed by atoms with E-state index in [1.54, 1.807) is 0 Å². The van der Waals surface area contributed by atoms with E-state index in [9.17, 15) is 4.79 Å². The van der Waals surface area contributed by atoms with Crippen molar-refractivity contribution in [3.05, 3.63) is 47.7 Å². The van der Waals surface area contributed by atoms with Gasteiger partial charge in [-0.2, -0.15) is 0 Å². The lowest BCUT2D eigenvalue weighted by atomic mass is 9.46. The van der Waals surface area contributed by atoms with Crippen molar-refractivity contribution < 1.29 is 14.3 Å². The van der Waals surface area contributed by atoms with E-state index in [0.29, 0.717) is 22.9 Å². The van der Waals surface area contributed by atoms with Crippen molar-refractivity contribution >= 4 is 5.97 Å². The van der Waals surface area contributed by atoms with E-state index < -0.39 is 0 Å². The maximum absolute atomic E-state index is 11.4. The summed E-state index contributed by atoms with van der Waals surface area (Å²) in [6.45, 7) is 7.33. The zero-order valence-corrected chi connectivity index (χ0v) is 19.4. The van der Waals surface area contributed by atoms with Crippen molar-refractivity contribution in [2.75, 3.05) is 0 Å². The van der Waals surface area contributed by atoms with Crippen LogP contribution in [0, 0.1) is 34.5 Å². The number of ether oxygens (including phenoxy) is 2. The molecule has 168 valence electrons. The molecule has 3 fully saturated rings. The molecule has 0 heterocycles. The highest BCUT2D eigenvalue weighted by Gasteiger charge is 2.60. The predicted octanol–water partition coefficient (Wildman–Crippen LogP) is 6.67. The second kappa shape index (κ2) is 8.06. The lowest BCUT2D eigenvalue weighted by Crippen LogP contribution is -2.53. The Balaban J connectivity index is 1.30. The number of hydrogen-bond acceptors (Lipinski definition) is 3. The van der Waals surface area contributed by atoms with Crippen LogP contribution >= 0.6 is 0 Å². The molecular formula is C28H38O3. The fraction of sp³-hybridized carbons (Fsp3) is 0.679. The first-order valence-electron chi connectivity index (χ1n) is 12.4. The van der Waals surface area contributed by atoms with Gasteiger partial charge in [0.25, 0.3) is 0 Å². The van der Waals surface area contributed by atoms with Gasteiger partial charge in [0, 0.05) is 13.3 Å². The standard InChI is InChI=1S/C28H38O3/c1-19(29)31-22-13-15-27(2)21(17-22)9-10-23-24-11-12-26(28(24,3)16-14-25(23)27)30-18-20-7-5-4-6-8-20/h4-8,13,21,23-26H,9-12,14-18H2,1-3H3/t21-,23-,24-,25-,26-,27-,28-/m0/s1. The number of carbonyl (C=O) groups is 1. The Morgan fingerprint density at radius 2 is 1.77 bits per heavy atom. The van der Waals surface area contributed by atoms with Crippen LogP contribution in [-0.2, 0) is 20.9 Å². The summed E-state index contributed by atoms with van der Waals surface area (Å²) >= 11 is 0. The van der Waals surface area contributed by atoms with Gasteiger partial charge in [-0.1, -0.05) is 44.2 Å². The highest BCUT2D eigenvalue weighted by Crippen LogP contribution is 2.66. The van der Waals surface area contributed by atoms with Gasteiger partial charge < -0.3 is 9.47 Å². The van der Waals surface area contributed by atoms with Crippen LogP contribution in [0.1, 0.15) is 77.7 Å². The van der Waals surface area contributed by atoms with Gasteiger partial charge in [0.05, 0.1) is 12.7 Å². The molecule has 0 amide bonds. The second-order valence-corrected chi connectivity index (χ2v) is 11.2. The number of rotatable bonds is 4. The molecular weight excluding hydrogens is 384 g/mol. The van der Waals surface area contributed by atoms with Crippen LogP contribution in [0.3, 0.4) is 0 Å². The minimum absolute atomic E-state index is 0.176. The van der Waals surface area contributed by atoms with Crippen molar-refractivity contribution in [3.63, 3.8) is 0 Å². The van der Waals surface area contributed by atoms with Crippen LogP contribution in [0.2, 0.25) is 0 Å². The highest BCUT2D eigenvalue weighted by molar-refractivity contribution is 5.67. The first-order chi connectivity index (χ1) is 14.9. The Kier molecular flexibility index (Phi) is 5.53. The molecule has 4 aliphatic rings. The Hall–Kier alpha value is -1.61. The van der Waals surface area contributed by atoms with Gasteiger partial charge in [-0.05, 0) is 91.1 Å². The Morgan fingerprint density at radius 3 is 2.55 bits per heavy atom. The molecule has 0 radical (unpaired) electrons. The van der Waals surface area contributed by atoms with Gasteiger partial charge >= 0.3 is 5.97 Å². The van der Waals surface area contributed by atoms with Crippen LogP contribution in [0.4, 0.5) is 0 Å². The maximum atomic E-state index is 11.4. The normalized spacial score (nSPS) is 41.5. The van der Waals surface area contributed by atoms with Crippen LogP contribution in [-0.4, -0.2) is 12.1 Å². The summed E-state index contributed by atoms with van der Waals surface area (Å²) in [6, 6.07) is 10.6. The van der Waals surface area contributed by atoms with Gasteiger partial charge in [-0.3, -0.25) is 4.79 Å². The highest BCUT2D eigenvalue weighted by atomic mass is 16.5. The third-order valence-corrected chi connectivity index (χ3v) is 9.76. The number of fused-ring (bicyclic) bond motifs is 5. The summed E-state index contributed by atoms with van der Waals surface area (Å²) in [5, 5.41) is 0. The van der Waals surface area contributed by atoms with Crippen molar-refractivity contribution in [3.8, 4) is 0 Å². The fourth-order valence-electron chi connectivity index (χ4n) is 8.11. The summed E-state index contributed by atoms with van der Waals surface area (Å²) in [4.78, 5) is 11.4. The van der Waals surface area contributed by atoms with E-state index in [1.165, 1.54) is 51.0 Å². The van der Waals surface area contributed by atoms with Crippen molar-refractivity contribution in [1.29, 1.82) is 0 Å². The molecule has 3 heteroatoms. The first kappa shape index (κ1) is 21.2. The second-order valence-electron chi connectivity index (χ2n) is 11.2. The van der Waals surface area contributed by atoms with E-state index in [4.69, 9.17) is 9.47 Å². The van der Waals surface area contributed by atoms with E-state index in [2.05, 4.69) is 50.3 Å². The average Bonchev–Trinajstić information content (AvgIpc) is 3.09. The summed E-state index contributed by atoms with van der Waals surface area (Å²) in [5.41, 5.74) is 1.97. The third kappa shape index (κ3) is 3.67. The van der Waals surface area contributed by atoms with Crippen molar-refractivity contribution in [2.24, 2.45) is 34.5 Å². The van der Waals surface area contributed by atoms with Crippen molar-refractivity contribution in [1.82, 2.24) is 0 Å². The topological polar surface area (TPSA) is 35.5 Å². The van der Waals surface area contributed by atoms with Crippen LogP contribution in [0.15, 0.2) is 42.2 Å². The fourth-order valence-corrected chi connectivity index (χ4v) is 8.11. The predicted molar refractivity (Wildman–Crippen MR) is 122 cm³/mol. The molecule has 0 aliphatic heterocycles. The number of esters is 1. The molecule has 1 aromatic carbocycles. The van der Waals surface area contributed by atoms with Crippen LogP contribution in [0.5, 0.6) is 0 Å². The zero-order chi connectivity index (χ0) is 21.6. The first-order valence-corrected chi connectivity index (χ1v) is 12.4. The molecule has 3 saturated carbocycles. The molecule has 0 bridgehead atoms. The van der Waals surface area contributed by atoms with Gasteiger partial charge in [-0.15, -0.1) is 0 Å². The lowest BCUT2D eigenvalue weighted by molar-refractivity contribution is -0.140. The summed E-state index contributed by atoms with van der Waals surface area (Å²) in [7, 11) is 0. The van der Waals surface area contributed by atoms with E-state index >= 15 is 0 Å². The molecule has 4 aliphatic carbocycles. The van der Waals surface area contributed by atoms with Gasteiger partial charge in [0.1, 0.15) is 5.76 Å². The third-order valence-electron chi connectivity index (χ3n) is 9.76. The van der Waals surface area contributed by atoms with Gasteiger partial charge in [0.2, 0.25) is 0 Å². The Bertz CT molecular complexity index is 845. The van der Waals surface area contributed by atoms with E-state index in [0.717, 1.165) is 43.0 Å². The van der Waals surface area contributed by atoms with Gasteiger partial charge in [-0.25, -0.2) is 0 Å². The number of hydrogen-bond donors (Lipinski definition) is 0. The van der Waals surface area contributed by atoms with Crippen molar-refractivity contribution in [2.45, 2.75) is 84.8 Å². The smallest absolute Gasteiger partial charge is 0.307 e. The molecule has 0 spiro atoms. The minimum Gasteiger partial charge on any atom is -0.432 e. The molecule has 0 unspecified atom stereocenters. The molecule has 7 atom stereocenters. The lowest BCUT2D eigenvalue weighted by Gasteiger charge is -2.59. The summed E-state index contributed by atoms with van der Waals surface area (Å²) in [5.74, 6) is 3.82. The molecule has 31 heavy (non-hydrogen) atoms. The number of carbonyl (C=O) groups excluding carboxylic acids is 1. The molecule has 1 aromatic rings. The number of benzene rings is 1. The zero-order valence-electron chi connectivity index (χ0n) is 19.4. The molecule has 0 aromatic heterocycles. The minimum atomic E-state index is -0.176. The Morgan fingerprint density at radius 1 is 1.00 bits per heavy atom. The van der Waals surface area contributed by atoms with E-state index in [-0.39, 0.29) is 5.97 Å². The molecule has 3 nitrogen and oxygen atoms in total. The average molecular weight is 423 g/mol. The molecule has 0 N–H and O–H groups in total. The summed E-state index contributed by atoms with van der Waals surface area (Å²) in [6.07, 6.45) is 12.4. The largest absolute Gasteiger partial charge is 0.432 e. The Labute approximate surface area is 187 Å². The molecule has 0 saturated heterocycles. The number of allylic oxidation sites excluding steroid dienone is 2. The SMILES string of the molecule is CC(=O)OC1=CC[C@@]2(C)[C@@H](CC[C@@H]3[C@@H]2CC[C@]2(C)[C@@H](OCc4ccccc4)CC[C@@H]32)C1. The van der Waals surface area contributed by atoms with Crippen LogP contribution < -0.4 is 0 Å². The quantitative estimate of drug-likeness (QED) is 0.508. The summed E-state index contributed by atoms with van der Waals surface area (Å²) < 4.78 is 12.1. The molecule has 5 rings (SSSR count). The monoisotopic (exact) mass is 422 g/mol. The van der Waals surface area contributed by atoms with Gasteiger partial charge in [0.15, 0.2) is 0 Å². The van der Waals surface area contributed by atoms with Crippen LogP contribution in [0.25, 0.3) is 0 Å². The maximum Gasteiger partial charge on any atom is 0.307 e.